The Balaban J connectivity index is 2.57. The van der Waals surface area contributed by atoms with Crippen LogP contribution in [-0.4, -0.2) is 12.8 Å². The summed E-state index contributed by atoms with van der Waals surface area (Å²) in [5.74, 6) is 0.661. The third-order valence-corrected chi connectivity index (χ3v) is 2.61. The number of alkyl halides is 3. The van der Waals surface area contributed by atoms with E-state index in [0.29, 0.717) is 12.3 Å². The third kappa shape index (κ3) is 4.56. The molecule has 1 aromatic rings. The number of nitrogens with two attached hydrogens (primary N) is 1. The molecule has 0 fully saturated rings. The molecular formula is C13H18F3NO. The summed E-state index contributed by atoms with van der Waals surface area (Å²) in [6.45, 7) is 4.25. The molecule has 1 aromatic carbocycles. The Hall–Kier alpha value is -1.23. The van der Waals surface area contributed by atoms with E-state index in [4.69, 9.17) is 10.5 Å². The maximum atomic E-state index is 12.0. The Bertz CT molecular complexity index is 379. The van der Waals surface area contributed by atoms with Crippen molar-refractivity contribution >= 4 is 0 Å². The number of aryl methyl sites for hydroxylation is 2. The predicted molar refractivity (Wildman–Crippen MR) is 64.6 cm³/mol. The molecule has 2 N–H and O–H groups in total. The van der Waals surface area contributed by atoms with Gasteiger partial charge in [0.05, 0.1) is 6.61 Å². The number of rotatable bonds is 5. The Morgan fingerprint density at radius 1 is 1.17 bits per heavy atom. The van der Waals surface area contributed by atoms with E-state index < -0.39 is 12.6 Å². The normalized spacial score (nSPS) is 11.7. The summed E-state index contributed by atoms with van der Waals surface area (Å²) >= 11 is 0. The second-order valence-corrected chi connectivity index (χ2v) is 4.33. The zero-order chi connectivity index (χ0) is 13.8. The average Bonchev–Trinajstić information content (AvgIpc) is 2.25. The van der Waals surface area contributed by atoms with E-state index in [2.05, 4.69) is 0 Å². The fraction of sp³-hybridized carbons (Fsp3) is 0.538. The van der Waals surface area contributed by atoms with E-state index in [-0.39, 0.29) is 13.0 Å². The highest BCUT2D eigenvalue weighted by atomic mass is 19.4. The number of benzene rings is 1. The first-order valence-corrected chi connectivity index (χ1v) is 5.83. The summed E-state index contributed by atoms with van der Waals surface area (Å²) in [6, 6.07) is 3.79. The lowest BCUT2D eigenvalue weighted by atomic mass is 10.1. The van der Waals surface area contributed by atoms with Gasteiger partial charge in [0.25, 0.3) is 0 Å². The van der Waals surface area contributed by atoms with Crippen molar-refractivity contribution in [2.24, 2.45) is 5.73 Å². The molecule has 0 atom stereocenters. The molecule has 0 aliphatic heterocycles. The number of hydrogen-bond acceptors (Lipinski definition) is 2. The highest BCUT2D eigenvalue weighted by Crippen LogP contribution is 2.26. The summed E-state index contributed by atoms with van der Waals surface area (Å²) in [4.78, 5) is 0. The molecule has 0 bridgehead atoms. The van der Waals surface area contributed by atoms with Gasteiger partial charge in [-0.3, -0.25) is 0 Å². The Morgan fingerprint density at radius 2 is 1.72 bits per heavy atom. The van der Waals surface area contributed by atoms with Crippen molar-refractivity contribution in [3.05, 3.63) is 28.8 Å². The second-order valence-electron chi connectivity index (χ2n) is 4.33. The van der Waals surface area contributed by atoms with Crippen molar-refractivity contribution < 1.29 is 17.9 Å². The Kier molecular flexibility index (Phi) is 5.02. The van der Waals surface area contributed by atoms with Crippen LogP contribution in [0.3, 0.4) is 0 Å². The lowest BCUT2D eigenvalue weighted by molar-refractivity contribution is -0.136. The van der Waals surface area contributed by atoms with Crippen molar-refractivity contribution in [1.29, 1.82) is 0 Å². The van der Waals surface area contributed by atoms with Gasteiger partial charge in [0.1, 0.15) is 5.75 Å². The maximum absolute atomic E-state index is 12.0. The van der Waals surface area contributed by atoms with Crippen molar-refractivity contribution in [2.75, 3.05) is 6.61 Å². The Labute approximate surface area is 105 Å². The van der Waals surface area contributed by atoms with E-state index in [0.717, 1.165) is 16.7 Å². The van der Waals surface area contributed by atoms with Gasteiger partial charge in [-0.05, 0) is 37.0 Å². The Morgan fingerprint density at radius 3 is 2.17 bits per heavy atom. The first-order valence-electron chi connectivity index (χ1n) is 5.83. The molecule has 0 saturated carbocycles. The average molecular weight is 261 g/mol. The SMILES string of the molecule is Cc1cc(CN)cc(C)c1OCCCC(F)(F)F. The van der Waals surface area contributed by atoms with Gasteiger partial charge < -0.3 is 10.5 Å². The van der Waals surface area contributed by atoms with Crippen LogP contribution in [0.25, 0.3) is 0 Å². The number of halogens is 3. The van der Waals surface area contributed by atoms with Gasteiger partial charge >= 0.3 is 6.18 Å². The topological polar surface area (TPSA) is 35.2 Å². The second kappa shape index (κ2) is 6.09. The minimum absolute atomic E-state index is 0.0268. The van der Waals surface area contributed by atoms with Crippen LogP contribution in [-0.2, 0) is 6.54 Å². The fourth-order valence-electron chi connectivity index (χ4n) is 1.83. The summed E-state index contributed by atoms with van der Waals surface area (Å²) in [5, 5.41) is 0. The summed E-state index contributed by atoms with van der Waals surface area (Å²) in [7, 11) is 0. The van der Waals surface area contributed by atoms with Crippen molar-refractivity contribution in [1.82, 2.24) is 0 Å². The minimum atomic E-state index is -4.11. The molecule has 18 heavy (non-hydrogen) atoms. The van der Waals surface area contributed by atoms with Crippen LogP contribution in [0.5, 0.6) is 5.75 Å². The molecule has 0 unspecified atom stereocenters. The summed E-state index contributed by atoms with van der Waals surface area (Å²) in [6.07, 6.45) is -4.95. The number of ether oxygens (including phenoxy) is 1. The van der Waals surface area contributed by atoms with E-state index in [1.165, 1.54) is 0 Å². The van der Waals surface area contributed by atoms with Crippen LogP contribution in [0.2, 0.25) is 0 Å². The van der Waals surface area contributed by atoms with Crippen LogP contribution in [0.15, 0.2) is 12.1 Å². The fourth-order valence-corrected chi connectivity index (χ4v) is 1.83. The molecule has 0 aliphatic rings. The first-order chi connectivity index (χ1) is 8.33. The maximum Gasteiger partial charge on any atom is 0.389 e. The standard InChI is InChI=1S/C13H18F3NO/c1-9-6-11(8-17)7-10(2)12(9)18-5-3-4-13(14,15)16/h6-7H,3-5,8,17H2,1-2H3. The lowest BCUT2D eigenvalue weighted by Gasteiger charge is -2.14. The van der Waals surface area contributed by atoms with E-state index >= 15 is 0 Å². The largest absolute Gasteiger partial charge is 0.493 e. The van der Waals surface area contributed by atoms with Crippen LogP contribution in [0.4, 0.5) is 13.2 Å². The van der Waals surface area contributed by atoms with Crippen LogP contribution < -0.4 is 10.5 Å². The molecule has 0 saturated heterocycles. The van der Waals surface area contributed by atoms with Crippen LogP contribution in [0, 0.1) is 13.8 Å². The zero-order valence-corrected chi connectivity index (χ0v) is 10.6. The van der Waals surface area contributed by atoms with Gasteiger partial charge in [-0.2, -0.15) is 13.2 Å². The smallest absolute Gasteiger partial charge is 0.389 e. The lowest BCUT2D eigenvalue weighted by Crippen LogP contribution is -2.10. The molecule has 0 heterocycles. The minimum Gasteiger partial charge on any atom is -0.493 e. The molecule has 0 spiro atoms. The molecule has 1 rings (SSSR count). The molecule has 102 valence electrons. The predicted octanol–water partition coefficient (Wildman–Crippen LogP) is 3.48. The van der Waals surface area contributed by atoms with Gasteiger partial charge in [0, 0.05) is 13.0 Å². The zero-order valence-electron chi connectivity index (χ0n) is 10.6. The highest BCUT2D eigenvalue weighted by Gasteiger charge is 2.26. The summed E-state index contributed by atoms with van der Waals surface area (Å²) < 4.78 is 41.3. The monoisotopic (exact) mass is 261 g/mol. The highest BCUT2D eigenvalue weighted by molar-refractivity contribution is 5.43. The van der Waals surface area contributed by atoms with Crippen LogP contribution >= 0.6 is 0 Å². The van der Waals surface area contributed by atoms with E-state index in [1.807, 2.05) is 26.0 Å². The molecule has 0 aromatic heterocycles. The number of hydrogen-bond donors (Lipinski definition) is 1. The van der Waals surface area contributed by atoms with Gasteiger partial charge in [-0.15, -0.1) is 0 Å². The van der Waals surface area contributed by atoms with Gasteiger partial charge in [0.15, 0.2) is 0 Å². The summed E-state index contributed by atoms with van der Waals surface area (Å²) in [5.41, 5.74) is 8.34. The van der Waals surface area contributed by atoms with E-state index in [9.17, 15) is 13.2 Å². The molecule has 5 heteroatoms. The van der Waals surface area contributed by atoms with Gasteiger partial charge in [-0.1, -0.05) is 12.1 Å². The molecule has 0 radical (unpaired) electrons. The van der Waals surface area contributed by atoms with Crippen molar-refractivity contribution in [3.8, 4) is 5.75 Å². The molecule has 2 nitrogen and oxygen atoms in total. The quantitative estimate of drug-likeness (QED) is 0.823. The van der Waals surface area contributed by atoms with Gasteiger partial charge in [0.2, 0.25) is 0 Å². The molecule has 0 aliphatic carbocycles. The first kappa shape index (κ1) is 14.8. The van der Waals surface area contributed by atoms with E-state index in [1.54, 1.807) is 0 Å². The van der Waals surface area contributed by atoms with Crippen LogP contribution in [0.1, 0.15) is 29.5 Å². The van der Waals surface area contributed by atoms with Gasteiger partial charge in [-0.25, -0.2) is 0 Å². The molecular weight excluding hydrogens is 243 g/mol. The third-order valence-electron chi connectivity index (χ3n) is 2.61. The van der Waals surface area contributed by atoms with Crippen molar-refractivity contribution in [2.45, 2.75) is 39.4 Å². The molecule has 0 amide bonds. The van der Waals surface area contributed by atoms with Crippen molar-refractivity contribution in [3.63, 3.8) is 0 Å².